The molecule has 6 heteroatoms. The average molecular weight is 281 g/mol. The van der Waals surface area contributed by atoms with E-state index in [0.29, 0.717) is 28.5 Å². The van der Waals surface area contributed by atoms with Gasteiger partial charge in [-0.25, -0.2) is 4.98 Å². The zero-order valence-electron chi connectivity index (χ0n) is 11.4. The third-order valence-corrected chi connectivity index (χ3v) is 3.75. The number of aromatic nitrogens is 1. The predicted octanol–water partition coefficient (Wildman–Crippen LogP) is 1.77. The van der Waals surface area contributed by atoms with Crippen LogP contribution in [0.3, 0.4) is 0 Å². The number of nitrogens with one attached hydrogen (secondary N) is 1. The Morgan fingerprint density at radius 1 is 1.53 bits per heavy atom. The van der Waals surface area contributed by atoms with Crippen molar-refractivity contribution in [1.82, 2.24) is 10.3 Å². The number of allylic oxidation sites excluding steroid dienone is 1. The van der Waals surface area contributed by atoms with Crippen LogP contribution in [0, 0.1) is 12.8 Å². The minimum Gasteiger partial charge on any atom is -0.365 e. The molecule has 0 saturated heterocycles. The molecule has 5 nitrogen and oxygen atoms in total. The monoisotopic (exact) mass is 281 g/mol. The fraction of sp³-hybridized carbons (Fsp3) is 0.462. The predicted molar refractivity (Wildman–Crippen MR) is 75.8 cm³/mol. The van der Waals surface area contributed by atoms with Crippen molar-refractivity contribution < 1.29 is 9.59 Å². The molecule has 104 valence electrons. The van der Waals surface area contributed by atoms with E-state index in [9.17, 15) is 9.59 Å². The summed E-state index contributed by atoms with van der Waals surface area (Å²) in [6.45, 7) is 9.58. The molecule has 1 atom stereocenters. The van der Waals surface area contributed by atoms with E-state index in [1.54, 1.807) is 6.92 Å². The van der Waals surface area contributed by atoms with E-state index < -0.39 is 5.91 Å². The molecule has 0 aliphatic rings. The highest BCUT2D eigenvalue weighted by Gasteiger charge is 2.15. The van der Waals surface area contributed by atoms with E-state index >= 15 is 0 Å². The molecule has 0 spiro atoms. The summed E-state index contributed by atoms with van der Waals surface area (Å²) in [5, 5.41) is 3.48. The summed E-state index contributed by atoms with van der Waals surface area (Å²) < 4.78 is 0. The van der Waals surface area contributed by atoms with Crippen LogP contribution in [-0.2, 0) is 11.3 Å². The van der Waals surface area contributed by atoms with Crippen LogP contribution in [-0.4, -0.2) is 16.8 Å². The first kappa shape index (κ1) is 15.4. The number of carbonyl (C=O) groups excluding carboxylic acids is 2. The molecule has 0 saturated carbocycles. The number of amides is 2. The van der Waals surface area contributed by atoms with Crippen LogP contribution < -0.4 is 11.1 Å². The normalized spacial score (nSPS) is 11.9. The second-order valence-corrected chi connectivity index (χ2v) is 5.75. The van der Waals surface area contributed by atoms with Gasteiger partial charge in [-0.05, 0) is 20.3 Å². The van der Waals surface area contributed by atoms with Crippen molar-refractivity contribution in [3.05, 3.63) is 27.7 Å². The molecule has 1 rings (SSSR count). The minimum absolute atomic E-state index is 0.0449. The zero-order chi connectivity index (χ0) is 14.6. The van der Waals surface area contributed by atoms with Crippen LogP contribution in [0.5, 0.6) is 0 Å². The Morgan fingerprint density at radius 3 is 2.63 bits per heavy atom. The molecule has 0 radical (unpaired) electrons. The summed E-state index contributed by atoms with van der Waals surface area (Å²) in [5.74, 6) is -0.645. The van der Waals surface area contributed by atoms with Gasteiger partial charge in [-0.1, -0.05) is 12.5 Å². The molecule has 19 heavy (non-hydrogen) atoms. The highest BCUT2D eigenvalue weighted by atomic mass is 32.1. The smallest absolute Gasteiger partial charge is 0.260 e. The fourth-order valence-electron chi connectivity index (χ4n) is 1.71. The molecule has 2 amide bonds. The number of nitrogens with two attached hydrogens (primary N) is 1. The summed E-state index contributed by atoms with van der Waals surface area (Å²) in [6, 6.07) is 0. The molecule has 0 aromatic carbocycles. The minimum atomic E-state index is -0.483. The van der Waals surface area contributed by atoms with E-state index in [0.717, 1.165) is 5.57 Å². The molecule has 1 aromatic heterocycles. The van der Waals surface area contributed by atoms with Crippen LogP contribution in [0.15, 0.2) is 12.2 Å². The summed E-state index contributed by atoms with van der Waals surface area (Å²) in [7, 11) is 0. The SMILES string of the molecule is C=C(C)CC(C)C(=O)NCc1nc(C)c(C(N)=O)s1. The van der Waals surface area contributed by atoms with Crippen molar-refractivity contribution in [3.8, 4) is 0 Å². The first-order valence-electron chi connectivity index (χ1n) is 5.99. The summed E-state index contributed by atoms with van der Waals surface area (Å²) in [6.07, 6.45) is 0.662. The number of hydrogen-bond acceptors (Lipinski definition) is 4. The quantitative estimate of drug-likeness (QED) is 0.779. The van der Waals surface area contributed by atoms with Gasteiger partial charge in [0.25, 0.3) is 5.91 Å². The van der Waals surface area contributed by atoms with Crippen molar-refractivity contribution in [3.63, 3.8) is 0 Å². The van der Waals surface area contributed by atoms with Crippen molar-refractivity contribution in [2.24, 2.45) is 11.7 Å². The van der Waals surface area contributed by atoms with E-state index in [2.05, 4.69) is 16.9 Å². The third-order valence-electron chi connectivity index (χ3n) is 2.58. The van der Waals surface area contributed by atoms with Crippen LogP contribution >= 0.6 is 11.3 Å². The highest BCUT2D eigenvalue weighted by Crippen LogP contribution is 2.17. The van der Waals surface area contributed by atoms with Crippen LogP contribution in [0.1, 0.15) is 40.6 Å². The first-order valence-corrected chi connectivity index (χ1v) is 6.81. The fourth-order valence-corrected chi connectivity index (χ4v) is 2.57. The number of rotatable bonds is 6. The molecule has 0 aliphatic heterocycles. The van der Waals surface area contributed by atoms with Crippen molar-refractivity contribution in [2.75, 3.05) is 0 Å². The van der Waals surface area contributed by atoms with Gasteiger partial charge >= 0.3 is 0 Å². The number of nitrogens with zero attached hydrogens (tertiary/aromatic N) is 1. The van der Waals surface area contributed by atoms with Gasteiger partial charge in [-0.15, -0.1) is 17.9 Å². The molecule has 0 fully saturated rings. The average Bonchev–Trinajstić information content (AvgIpc) is 2.66. The second-order valence-electron chi connectivity index (χ2n) is 4.67. The molecule has 0 bridgehead atoms. The third kappa shape index (κ3) is 4.48. The topological polar surface area (TPSA) is 85.1 Å². The van der Waals surface area contributed by atoms with Gasteiger partial charge in [0.2, 0.25) is 5.91 Å². The zero-order valence-corrected chi connectivity index (χ0v) is 12.3. The summed E-state index contributed by atoms with van der Waals surface area (Å²) in [5.41, 5.74) is 6.81. The maximum atomic E-state index is 11.8. The molecular formula is C13H19N3O2S. The highest BCUT2D eigenvalue weighted by molar-refractivity contribution is 7.13. The van der Waals surface area contributed by atoms with Gasteiger partial charge in [-0.3, -0.25) is 9.59 Å². The van der Waals surface area contributed by atoms with Crippen LogP contribution in [0.25, 0.3) is 0 Å². The van der Waals surface area contributed by atoms with Crippen molar-refractivity contribution in [1.29, 1.82) is 0 Å². The largest absolute Gasteiger partial charge is 0.365 e. The maximum Gasteiger partial charge on any atom is 0.260 e. The molecule has 1 aromatic rings. The Labute approximate surface area is 116 Å². The molecule has 3 N–H and O–H groups in total. The van der Waals surface area contributed by atoms with Crippen LogP contribution in [0.2, 0.25) is 0 Å². The van der Waals surface area contributed by atoms with Gasteiger partial charge in [0, 0.05) is 5.92 Å². The Morgan fingerprint density at radius 2 is 2.16 bits per heavy atom. The van der Waals surface area contributed by atoms with E-state index in [4.69, 9.17) is 5.73 Å². The lowest BCUT2D eigenvalue weighted by atomic mass is 10.0. The van der Waals surface area contributed by atoms with Gasteiger partial charge in [0.15, 0.2) is 0 Å². The van der Waals surface area contributed by atoms with E-state index in [-0.39, 0.29) is 11.8 Å². The summed E-state index contributed by atoms with van der Waals surface area (Å²) in [4.78, 5) is 27.6. The van der Waals surface area contributed by atoms with Crippen molar-refractivity contribution in [2.45, 2.75) is 33.7 Å². The molecule has 1 heterocycles. The Kier molecular flexibility index (Phi) is 5.23. The number of carbonyl (C=O) groups is 2. The van der Waals surface area contributed by atoms with Gasteiger partial charge < -0.3 is 11.1 Å². The number of aryl methyl sites for hydroxylation is 1. The van der Waals surface area contributed by atoms with Crippen molar-refractivity contribution >= 4 is 23.2 Å². The number of primary amides is 1. The maximum absolute atomic E-state index is 11.8. The Hall–Kier alpha value is -1.69. The molecular weight excluding hydrogens is 262 g/mol. The molecule has 1 unspecified atom stereocenters. The van der Waals surface area contributed by atoms with Gasteiger partial charge in [-0.2, -0.15) is 0 Å². The second kappa shape index (κ2) is 6.47. The van der Waals surface area contributed by atoms with Gasteiger partial charge in [0.05, 0.1) is 12.2 Å². The van der Waals surface area contributed by atoms with E-state index in [1.807, 2.05) is 13.8 Å². The number of thiazole rings is 1. The molecule has 0 aliphatic carbocycles. The first-order chi connectivity index (χ1) is 8.81. The van der Waals surface area contributed by atoms with Gasteiger partial charge in [0.1, 0.15) is 9.88 Å². The Bertz CT molecular complexity index is 508. The lowest BCUT2D eigenvalue weighted by molar-refractivity contribution is -0.124. The van der Waals surface area contributed by atoms with E-state index in [1.165, 1.54) is 11.3 Å². The number of hydrogen-bond donors (Lipinski definition) is 2. The lowest BCUT2D eigenvalue weighted by Gasteiger charge is -2.10. The standard InChI is InChI=1S/C13H19N3O2S/c1-7(2)5-8(3)13(18)15-6-10-16-9(4)11(19-10)12(14)17/h8H,1,5-6H2,2-4H3,(H2,14,17)(H,15,18). The lowest BCUT2D eigenvalue weighted by Crippen LogP contribution is -2.28. The summed E-state index contributed by atoms with van der Waals surface area (Å²) >= 11 is 1.22. The Balaban J connectivity index is 2.57. The van der Waals surface area contributed by atoms with Crippen LogP contribution in [0.4, 0.5) is 0 Å².